The fourth-order valence-corrected chi connectivity index (χ4v) is 1.67. The fraction of sp³-hybridized carbons (Fsp3) is 0.167. The SMILES string of the molecule is NC(=O)CCNC(=O)c1cc2cc(N)ccc2[nH]1. The Hall–Kier alpha value is -2.50. The van der Waals surface area contributed by atoms with E-state index >= 15 is 0 Å². The van der Waals surface area contributed by atoms with Gasteiger partial charge in [-0.3, -0.25) is 9.59 Å². The Bertz CT molecular complexity index is 603. The van der Waals surface area contributed by atoms with Crippen LogP contribution >= 0.6 is 0 Å². The van der Waals surface area contributed by atoms with E-state index in [1.165, 1.54) is 0 Å². The summed E-state index contributed by atoms with van der Waals surface area (Å²) in [6.45, 7) is 0.228. The number of hydrogen-bond acceptors (Lipinski definition) is 3. The number of H-pyrrole nitrogens is 1. The molecule has 0 saturated heterocycles. The first kappa shape index (κ1) is 12.0. The van der Waals surface area contributed by atoms with E-state index in [2.05, 4.69) is 10.3 Å². The van der Waals surface area contributed by atoms with E-state index < -0.39 is 5.91 Å². The highest BCUT2D eigenvalue weighted by Gasteiger charge is 2.09. The molecular weight excluding hydrogens is 232 g/mol. The number of amides is 2. The lowest BCUT2D eigenvalue weighted by Crippen LogP contribution is -2.28. The summed E-state index contributed by atoms with van der Waals surface area (Å²) in [5.74, 6) is -0.717. The summed E-state index contributed by atoms with van der Waals surface area (Å²) < 4.78 is 0. The molecule has 2 rings (SSSR count). The molecule has 6 nitrogen and oxygen atoms in total. The van der Waals surface area contributed by atoms with Crippen LogP contribution in [0.15, 0.2) is 24.3 Å². The summed E-state index contributed by atoms with van der Waals surface area (Å²) in [5, 5.41) is 3.47. The van der Waals surface area contributed by atoms with Crippen molar-refractivity contribution in [1.82, 2.24) is 10.3 Å². The van der Waals surface area contributed by atoms with Gasteiger partial charge >= 0.3 is 0 Å². The smallest absolute Gasteiger partial charge is 0.267 e. The van der Waals surface area contributed by atoms with Crippen LogP contribution in [0.4, 0.5) is 5.69 Å². The van der Waals surface area contributed by atoms with Crippen LogP contribution in [-0.2, 0) is 4.79 Å². The molecule has 94 valence electrons. The molecule has 18 heavy (non-hydrogen) atoms. The van der Waals surface area contributed by atoms with Crippen LogP contribution < -0.4 is 16.8 Å². The van der Waals surface area contributed by atoms with Crippen molar-refractivity contribution in [2.75, 3.05) is 12.3 Å². The highest BCUT2D eigenvalue weighted by atomic mass is 16.2. The number of nitrogen functional groups attached to an aromatic ring is 1. The maximum Gasteiger partial charge on any atom is 0.267 e. The normalized spacial score (nSPS) is 10.4. The van der Waals surface area contributed by atoms with E-state index in [0.717, 1.165) is 10.9 Å². The van der Waals surface area contributed by atoms with Crippen molar-refractivity contribution in [3.05, 3.63) is 30.0 Å². The third-order valence-electron chi connectivity index (χ3n) is 2.55. The molecule has 0 aliphatic rings. The molecule has 1 aromatic carbocycles. The maximum absolute atomic E-state index is 11.8. The largest absolute Gasteiger partial charge is 0.399 e. The summed E-state index contributed by atoms with van der Waals surface area (Å²) >= 11 is 0. The van der Waals surface area contributed by atoms with E-state index in [0.29, 0.717) is 11.4 Å². The van der Waals surface area contributed by atoms with E-state index in [1.807, 2.05) is 6.07 Å². The summed E-state index contributed by atoms with van der Waals surface area (Å²) in [4.78, 5) is 25.3. The lowest BCUT2D eigenvalue weighted by Gasteiger charge is -2.00. The van der Waals surface area contributed by atoms with Gasteiger partial charge in [0.2, 0.25) is 5.91 Å². The van der Waals surface area contributed by atoms with Crippen LogP contribution in [0.2, 0.25) is 0 Å². The standard InChI is InChI=1S/C12H14N4O2/c13-8-1-2-9-7(5-8)6-10(16-9)12(18)15-4-3-11(14)17/h1-2,5-6,16H,3-4,13H2,(H2,14,17)(H,15,18). The molecule has 0 aliphatic heterocycles. The molecule has 0 spiro atoms. The molecule has 1 heterocycles. The minimum atomic E-state index is -0.445. The Morgan fingerprint density at radius 1 is 1.28 bits per heavy atom. The predicted molar refractivity (Wildman–Crippen MR) is 68.9 cm³/mol. The zero-order valence-electron chi connectivity index (χ0n) is 9.69. The molecule has 2 amide bonds. The van der Waals surface area contributed by atoms with E-state index in [4.69, 9.17) is 11.5 Å². The Labute approximate surface area is 103 Å². The van der Waals surface area contributed by atoms with Crippen molar-refractivity contribution in [3.8, 4) is 0 Å². The van der Waals surface area contributed by atoms with Gasteiger partial charge in [-0.1, -0.05) is 0 Å². The Morgan fingerprint density at radius 3 is 2.78 bits per heavy atom. The average molecular weight is 246 g/mol. The zero-order chi connectivity index (χ0) is 13.1. The number of fused-ring (bicyclic) bond motifs is 1. The second-order valence-corrected chi connectivity index (χ2v) is 4.00. The van der Waals surface area contributed by atoms with E-state index in [-0.39, 0.29) is 18.9 Å². The molecule has 0 radical (unpaired) electrons. The number of rotatable bonds is 4. The number of primary amides is 1. The van der Waals surface area contributed by atoms with Gasteiger partial charge in [0.15, 0.2) is 0 Å². The number of hydrogen-bond donors (Lipinski definition) is 4. The number of benzene rings is 1. The van der Waals surface area contributed by atoms with Crippen LogP contribution in [-0.4, -0.2) is 23.3 Å². The Balaban J connectivity index is 2.10. The average Bonchev–Trinajstić information content (AvgIpc) is 2.71. The van der Waals surface area contributed by atoms with Crippen molar-refractivity contribution in [1.29, 1.82) is 0 Å². The summed E-state index contributed by atoms with van der Waals surface area (Å²) in [6.07, 6.45) is 0.124. The molecule has 6 heteroatoms. The monoisotopic (exact) mass is 246 g/mol. The van der Waals surface area contributed by atoms with Gasteiger partial charge in [-0.2, -0.15) is 0 Å². The minimum Gasteiger partial charge on any atom is -0.399 e. The van der Waals surface area contributed by atoms with Gasteiger partial charge < -0.3 is 21.8 Å². The van der Waals surface area contributed by atoms with Gasteiger partial charge in [-0.25, -0.2) is 0 Å². The van der Waals surface area contributed by atoms with Gasteiger partial charge in [0.05, 0.1) is 0 Å². The number of aromatic amines is 1. The molecule has 0 saturated carbocycles. The second-order valence-electron chi connectivity index (χ2n) is 4.00. The molecule has 0 fully saturated rings. The highest BCUT2D eigenvalue weighted by molar-refractivity contribution is 5.98. The van der Waals surface area contributed by atoms with Crippen molar-refractivity contribution in [2.45, 2.75) is 6.42 Å². The third-order valence-corrected chi connectivity index (χ3v) is 2.55. The summed E-state index contributed by atoms with van der Waals surface area (Å²) in [6, 6.07) is 7.07. The lowest BCUT2D eigenvalue weighted by atomic mass is 10.2. The van der Waals surface area contributed by atoms with Crippen molar-refractivity contribution in [3.63, 3.8) is 0 Å². The van der Waals surface area contributed by atoms with Gasteiger partial charge in [-0.05, 0) is 24.3 Å². The van der Waals surface area contributed by atoms with Gasteiger partial charge in [0.25, 0.3) is 5.91 Å². The van der Waals surface area contributed by atoms with Gasteiger partial charge in [0.1, 0.15) is 5.69 Å². The molecule has 1 aromatic heterocycles. The quantitative estimate of drug-likeness (QED) is 0.584. The number of carbonyl (C=O) groups excluding carboxylic acids is 2. The predicted octanol–water partition coefficient (Wildman–Crippen LogP) is 0.355. The summed E-state index contributed by atoms with van der Waals surface area (Å²) in [7, 11) is 0. The van der Waals surface area contributed by atoms with Crippen molar-refractivity contribution >= 4 is 28.4 Å². The Morgan fingerprint density at radius 2 is 2.06 bits per heavy atom. The van der Waals surface area contributed by atoms with E-state index in [9.17, 15) is 9.59 Å². The number of carbonyl (C=O) groups is 2. The lowest BCUT2D eigenvalue weighted by molar-refractivity contribution is -0.117. The fourth-order valence-electron chi connectivity index (χ4n) is 1.67. The molecule has 6 N–H and O–H groups in total. The number of aromatic nitrogens is 1. The molecule has 0 atom stereocenters. The van der Waals surface area contributed by atoms with Crippen LogP contribution in [0, 0.1) is 0 Å². The molecule has 0 bridgehead atoms. The first-order valence-electron chi connectivity index (χ1n) is 5.51. The van der Waals surface area contributed by atoms with Crippen LogP contribution in [0.5, 0.6) is 0 Å². The highest BCUT2D eigenvalue weighted by Crippen LogP contribution is 2.18. The number of nitrogens with one attached hydrogen (secondary N) is 2. The maximum atomic E-state index is 11.8. The van der Waals surface area contributed by atoms with Crippen LogP contribution in [0.1, 0.15) is 16.9 Å². The zero-order valence-corrected chi connectivity index (χ0v) is 9.69. The summed E-state index contributed by atoms with van der Waals surface area (Å²) in [5.41, 5.74) is 12.5. The van der Waals surface area contributed by atoms with Gasteiger partial charge in [-0.15, -0.1) is 0 Å². The number of nitrogens with two attached hydrogens (primary N) is 2. The second kappa shape index (κ2) is 4.79. The van der Waals surface area contributed by atoms with Crippen molar-refractivity contribution in [2.24, 2.45) is 5.73 Å². The Kier molecular flexibility index (Phi) is 3.18. The van der Waals surface area contributed by atoms with Crippen LogP contribution in [0.3, 0.4) is 0 Å². The molecular formula is C12H14N4O2. The first-order valence-corrected chi connectivity index (χ1v) is 5.51. The minimum absolute atomic E-state index is 0.124. The topological polar surface area (TPSA) is 114 Å². The third kappa shape index (κ3) is 2.60. The van der Waals surface area contributed by atoms with Crippen molar-refractivity contribution < 1.29 is 9.59 Å². The molecule has 0 unspecified atom stereocenters. The van der Waals surface area contributed by atoms with E-state index in [1.54, 1.807) is 18.2 Å². The van der Waals surface area contributed by atoms with Gasteiger partial charge in [0, 0.05) is 29.6 Å². The van der Waals surface area contributed by atoms with Crippen LogP contribution in [0.25, 0.3) is 10.9 Å². The first-order chi connectivity index (χ1) is 8.56. The molecule has 2 aromatic rings. The molecule has 0 aliphatic carbocycles. The number of anilines is 1.